The van der Waals surface area contributed by atoms with Crippen LogP contribution in [0.1, 0.15) is 11.6 Å². The summed E-state index contributed by atoms with van der Waals surface area (Å²) in [5.74, 6) is 0. The number of fused-ring (bicyclic) bond motifs is 1. The Labute approximate surface area is 127 Å². The molecule has 1 atom stereocenters. The van der Waals surface area contributed by atoms with Gasteiger partial charge in [-0.25, -0.2) is 0 Å². The maximum Gasteiger partial charge on any atom is 0.411 e. The molecule has 1 heterocycles. The summed E-state index contributed by atoms with van der Waals surface area (Å²) in [6.45, 7) is -1.24. The Morgan fingerprint density at radius 3 is 2.80 bits per heavy atom. The molecule has 0 saturated carbocycles. The maximum absolute atomic E-state index is 12.1. The number of hydrogen-bond acceptors (Lipinski definition) is 3. The molecule has 0 aliphatic heterocycles. The molecule has 0 bridgehead atoms. The van der Waals surface area contributed by atoms with Crippen molar-refractivity contribution < 1.29 is 17.9 Å². The van der Waals surface area contributed by atoms with Crippen LogP contribution in [0.4, 0.5) is 13.2 Å². The SMILES string of the molecule is CNC(COCC(F)(F)F)c1csc2c(Br)cccc12. The standard InChI is InChI=1S/C13H13BrF3NOS/c1-18-11(5-19-7-13(15,16)17)9-6-20-12-8(9)3-2-4-10(12)14/h2-4,6,11,18H,5,7H2,1H3. The number of hydrogen-bond donors (Lipinski definition) is 1. The fourth-order valence-corrected chi connectivity index (χ4v) is 3.61. The maximum atomic E-state index is 12.1. The van der Waals surface area contributed by atoms with E-state index in [9.17, 15) is 13.2 Å². The molecule has 0 amide bonds. The van der Waals surface area contributed by atoms with Gasteiger partial charge in [-0.1, -0.05) is 12.1 Å². The molecule has 7 heteroatoms. The zero-order valence-corrected chi connectivity index (χ0v) is 13.0. The quantitative estimate of drug-likeness (QED) is 0.839. The molecule has 0 radical (unpaired) electrons. The van der Waals surface area contributed by atoms with Crippen LogP contribution in [0.15, 0.2) is 28.1 Å². The summed E-state index contributed by atoms with van der Waals surface area (Å²) in [7, 11) is 1.71. The van der Waals surface area contributed by atoms with Crippen molar-refractivity contribution >= 4 is 37.4 Å². The number of alkyl halides is 3. The Bertz CT molecular complexity index is 584. The van der Waals surface area contributed by atoms with Crippen LogP contribution in [0.3, 0.4) is 0 Å². The third-order valence-corrected chi connectivity index (χ3v) is 4.83. The summed E-state index contributed by atoms with van der Waals surface area (Å²) >= 11 is 5.03. The molecule has 0 aliphatic rings. The van der Waals surface area contributed by atoms with E-state index in [2.05, 4.69) is 21.2 Å². The second-order valence-electron chi connectivity index (χ2n) is 4.28. The number of thiophene rings is 1. The van der Waals surface area contributed by atoms with E-state index in [0.717, 1.165) is 20.1 Å². The Balaban J connectivity index is 2.16. The van der Waals surface area contributed by atoms with E-state index < -0.39 is 12.8 Å². The van der Waals surface area contributed by atoms with E-state index in [1.54, 1.807) is 18.4 Å². The van der Waals surface area contributed by atoms with E-state index in [4.69, 9.17) is 4.74 Å². The number of likely N-dealkylation sites (N-methyl/N-ethyl adjacent to an activating group) is 1. The summed E-state index contributed by atoms with van der Waals surface area (Å²) in [6.07, 6.45) is -4.29. The highest BCUT2D eigenvalue weighted by Crippen LogP contribution is 2.35. The topological polar surface area (TPSA) is 21.3 Å². The van der Waals surface area contributed by atoms with Crippen molar-refractivity contribution in [3.63, 3.8) is 0 Å². The molecule has 0 aliphatic carbocycles. The van der Waals surface area contributed by atoms with Gasteiger partial charge in [0.25, 0.3) is 0 Å². The molecule has 0 saturated heterocycles. The first-order valence-electron chi connectivity index (χ1n) is 5.89. The summed E-state index contributed by atoms with van der Waals surface area (Å²) < 4.78 is 43.2. The summed E-state index contributed by atoms with van der Waals surface area (Å²) in [6, 6.07) is 5.55. The molecular formula is C13H13BrF3NOS. The average Bonchev–Trinajstić information content (AvgIpc) is 2.79. The van der Waals surface area contributed by atoms with E-state index in [1.807, 2.05) is 23.6 Å². The third-order valence-electron chi connectivity index (χ3n) is 2.86. The number of ether oxygens (including phenoxy) is 1. The van der Waals surface area contributed by atoms with Crippen LogP contribution in [-0.4, -0.2) is 26.4 Å². The zero-order chi connectivity index (χ0) is 14.8. The van der Waals surface area contributed by atoms with E-state index in [0.29, 0.717) is 0 Å². The first-order valence-corrected chi connectivity index (χ1v) is 7.57. The van der Waals surface area contributed by atoms with Gasteiger partial charge < -0.3 is 10.1 Å². The van der Waals surface area contributed by atoms with Crippen LogP contribution in [-0.2, 0) is 4.74 Å². The van der Waals surface area contributed by atoms with Crippen molar-refractivity contribution in [3.05, 3.63) is 33.6 Å². The fraction of sp³-hybridized carbons (Fsp3) is 0.385. The van der Waals surface area contributed by atoms with Crippen LogP contribution in [0.2, 0.25) is 0 Å². The summed E-state index contributed by atoms with van der Waals surface area (Å²) in [5.41, 5.74) is 0.955. The smallest absolute Gasteiger partial charge is 0.370 e. The van der Waals surface area contributed by atoms with Gasteiger partial charge in [-0.2, -0.15) is 13.2 Å². The highest BCUT2D eigenvalue weighted by atomic mass is 79.9. The highest BCUT2D eigenvalue weighted by Gasteiger charge is 2.28. The third kappa shape index (κ3) is 3.72. The van der Waals surface area contributed by atoms with Crippen molar-refractivity contribution in [3.8, 4) is 0 Å². The van der Waals surface area contributed by atoms with Gasteiger partial charge in [0, 0.05) is 9.17 Å². The number of nitrogens with one attached hydrogen (secondary N) is 1. The van der Waals surface area contributed by atoms with E-state index in [1.165, 1.54) is 0 Å². The molecule has 0 fully saturated rings. The second kappa shape index (κ2) is 6.43. The number of halogens is 4. The predicted octanol–water partition coefficient (Wildman–Crippen LogP) is 4.50. The number of benzene rings is 1. The number of rotatable bonds is 5. The fourth-order valence-electron chi connectivity index (χ4n) is 1.93. The highest BCUT2D eigenvalue weighted by molar-refractivity contribution is 9.10. The van der Waals surface area contributed by atoms with E-state index in [-0.39, 0.29) is 12.6 Å². The average molecular weight is 368 g/mol. The summed E-state index contributed by atoms with van der Waals surface area (Å²) in [5, 5.41) is 5.98. The normalized spacial score (nSPS) is 13.8. The Morgan fingerprint density at radius 2 is 2.15 bits per heavy atom. The van der Waals surface area contributed by atoms with Gasteiger partial charge in [-0.15, -0.1) is 11.3 Å². The Kier molecular flexibility index (Phi) is 5.06. The monoisotopic (exact) mass is 367 g/mol. The van der Waals surface area contributed by atoms with Gasteiger partial charge in [0.05, 0.1) is 12.6 Å². The molecule has 1 unspecified atom stereocenters. The summed E-state index contributed by atoms with van der Waals surface area (Å²) in [4.78, 5) is 0. The first-order chi connectivity index (χ1) is 9.42. The van der Waals surface area contributed by atoms with Gasteiger partial charge in [0.2, 0.25) is 0 Å². The van der Waals surface area contributed by atoms with Crippen LogP contribution < -0.4 is 5.32 Å². The Hall–Kier alpha value is -0.630. The molecule has 2 aromatic rings. The molecule has 2 nitrogen and oxygen atoms in total. The van der Waals surface area contributed by atoms with Crippen LogP contribution >= 0.6 is 27.3 Å². The van der Waals surface area contributed by atoms with Crippen molar-refractivity contribution in [2.45, 2.75) is 12.2 Å². The van der Waals surface area contributed by atoms with Crippen LogP contribution in [0, 0.1) is 0 Å². The van der Waals surface area contributed by atoms with Gasteiger partial charge in [-0.05, 0) is 45.4 Å². The predicted molar refractivity (Wildman–Crippen MR) is 78.2 cm³/mol. The van der Waals surface area contributed by atoms with Gasteiger partial charge in [0.1, 0.15) is 6.61 Å². The van der Waals surface area contributed by atoms with Crippen LogP contribution in [0.5, 0.6) is 0 Å². The molecule has 20 heavy (non-hydrogen) atoms. The largest absolute Gasteiger partial charge is 0.411 e. The van der Waals surface area contributed by atoms with Crippen molar-refractivity contribution in [1.82, 2.24) is 5.32 Å². The van der Waals surface area contributed by atoms with Crippen molar-refractivity contribution in [1.29, 1.82) is 0 Å². The van der Waals surface area contributed by atoms with Crippen molar-refractivity contribution in [2.24, 2.45) is 0 Å². The van der Waals surface area contributed by atoms with Gasteiger partial charge in [-0.3, -0.25) is 0 Å². The molecule has 1 aromatic carbocycles. The minimum atomic E-state index is -4.29. The first kappa shape index (κ1) is 15.8. The lowest BCUT2D eigenvalue weighted by atomic mass is 10.1. The van der Waals surface area contributed by atoms with E-state index >= 15 is 0 Å². The minimum absolute atomic E-state index is 0.0195. The van der Waals surface area contributed by atoms with Gasteiger partial charge in [0.15, 0.2) is 0 Å². The lowest BCUT2D eigenvalue weighted by Crippen LogP contribution is -2.25. The zero-order valence-electron chi connectivity index (χ0n) is 10.6. The Morgan fingerprint density at radius 1 is 1.40 bits per heavy atom. The molecule has 0 spiro atoms. The molecule has 1 aromatic heterocycles. The lowest BCUT2D eigenvalue weighted by Gasteiger charge is -2.17. The molecule has 2 rings (SSSR count). The molecular weight excluding hydrogens is 355 g/mol. The van der Waals surface area contributed by atoms with Gasteiger partial charge >= 0.3 is 6.18 Å². The minimum Gasteiger partial charge on any atom is -0.370 e. The molecule has 1 N–H and O–H groups in total. The molecule has 110 valence electrons. The van der Waals surface area contributed by atoms with Crippen LogP contribution in [0.25, 0.3) is 10.1 Å². The van der Waals surface area contributed by atoms with Crippen molar-refractivity contribution in [2.75, 3.05) is 20.3 Å². The second-order valence-corrected chi connectivity index (χ2v) is 6.01. The lowest BCUT2D eigenvalue weighted by molar-refractivity contribution is -0.175.